The SMILES string of the molecule is COc1ccc(/C(C)=N\NC(=O)c2csc(N3CCOCC3)n2)cc1CC(=O)O. The van der Waals surface area contributed by atoms with E-state index in [0.29, 0.717) is 41.5 Å². The average molecular weight is 418 g/mol. The molecule has 2 N–H and O–H groups in total. The number of benzene rings is 1. The summed E-state index contributed by atoms with van der Waals surface area (Å²) in [5.74, 6) is -0.867. The van der Waals surface area contributed by atoms with E-state index in [9.17, 15) is 9.59 Å². The number of amides is 1. The number of thiazole rings is 1. The smallest absolute Gasteiger partial charge is 0.307 e. The molecule has 10 heteroatoms. The van der Waals surface area contributed by atoms with Crippen molar-refractivity contribution in [1.29, 1.82) is 0 Å². The fourth-order valence-electron chi connectivity index (χ4n) is 2.83. The largest absolute Gasteiger partial charge is 0.496 e. The Labute approximate surface area is 172 Å². The topological polar surface area (TPSA) is 113 Å². The normalized spacial score (nSPS) is 14.6. The van der Waals surface area contributed by atoms with E-state index in [1.165, 1.54) is 18.4 Å². The predicted octanol–water partition coefficient (Wildman–Crippen LogP) is 1.77. The fourth-order valence-corrected chi connectivity index (χ4v) is 3.69. The molecule has 1 aromatic heterocycles. The Morgan fingerprint density at radius 3 is 2.83 bits per heavy atom. The molecule has 154 valence electrons. The van der Waals surface area contributed by atoms with Gasteiger partial charge in [-0.05, 0) is 30.7 Å². The zero-order valence-electron chi connectivity index (χ0n) is 16.2. The molecular weight excluding hydrogens is 396 g/mol. The summed E-state index contributed by atoms with van der Waals surface area (Å²) in [6, 6.07) is 5.13. The Hall–Kier alpha value is -2.98. The number of methoxy groups -OCH3 is 1. The number of hydrogen-bond acceptors (Lipinski definition) is 8. The molecule has 0 atom stereocenters. The molecular formula is C19H22N4O5S. The van der Waals surface area contributed by atoms with Crippen molar-refractivity contribution in [2.24, 2.45) is 5.10 Å². The Kier molecular flexibility index (Phi) is 6.78. The van der Waals surface area contributed by atoms with Crippen molar-refractivity contribution in [1.82, 2.24) is 10.4 Å². The quantitative estimate of drug-likeness (QED) is 0.520. The van der Waals surface area contributed by atoms with E-state index in [4.69, 9.17) is 14.6 Å². The van der Waals surface area contributed by atoms with Gasteiger partial charge in [0.15, 0.2) is 5.13 Å². The Morgan fingerprint density at radius 2 is 2.14 bits per heavy atom. The van der Waals surface area contributed by atoms with Gasteiger partial charge in [0.1, 0.15) is 11.4 Å². The van der Waals surface area contributed by atoms with Crippen LogP contribution in [0.5, 0.6) is 5.75 Å². The molecule has 1 aromatic carbocycles. The van der Waals surface area contributed by atoms with Gasteiger partial charge in [-0.2, -0.15) is 5.10 Å². The van der Waals surface area contributed by atoms with Crippen LogP contribution in [-0.2, 0) is 16.0 Å². The van der Waals surface area contributed by atoms with Crippen LogP contribution in [0.25, 0.3) is 0 Å². The Balaban J connectivity index is 1.68. The number of carboxylic acids is 1. The van der Waals surface area contributed by atoms with Crippen LogP contribution in [0.4, 0.5) is 5.13 Å². The van der Waals surface area contributed by atoms with Crippen molar-refractivity contribution in [3.05, 3.63) is 40.4 Å². The molecule has 2 heterocycles. The number of anilines is 1. The molecule has 0 radical (unpaired) electrons. The van der Waals surface area contributed by atoms with Crippen LogP contribution in [0.2, 0.25) is 0 Å². The van der Waals surface area contributed by atoms with Crippen LogP contribution >= 0.6 is 11.3 Å². The minimum absolute atomic E-state index is 0.167. The second kappa shape index (κ2) is 9.48. The summed E-state index contributed by atoms with van der Waals surface area (Å²) >= 11 is 1.41. The van der Waals surface area contributed by atoms with Crippen LogP contribution in [0.1, 0.15) is 28.5 Å². The molecule has 3 rings (SSSR count). The van der Waals surface area contributed by atoms with Gasteiger partial charge < -0.3 is 19.5 Å². The second-order valence-electron chi connectivity index (χ2n) is 6.35. The zero-order chi connectivity index (χ0) is 20.8. The lowest BCUT2D eigenvalue weighted by molar-refractivity contribution is -0.136. The van der Waals surface area contributed by atoms with E-state index in [-0.39, 0.29) is 6.42 Å². The molecule has 29 heavy (non-hydrogen) atoms. The lowest BCUT2D eigenvalue weighted by Gasteiger charge is -2.25. The molecule has 0 aliphatic carbocycles. The van der Waals surface area contributed by atoms with Crippen molar-refractivity contribution < 1.29 is 24.2 Å². The molecule has 1 amide bonds. The lowest BCUT2D eigenvalue weighted by Crippen LogP contribution is -2.36. The minimum atomic E-state index is -0.956. The maximum absolute atomic E-state index is 12.4. The van der Waals surface area contributed by atoms with Crippen LogP contribution < -0.4 is 15.1 Å². The van der Waals surface area contributed by atoms with Gasteiger partial charge in [-0.3, -0.25) is 9.59 Å². The first-order chi connectivity index (χ1) is 14.0. The first-order valence-corrected chi connectivity index (χ1v) is 9.88. The third-order valence-corrected chi connectivity index (χ3v) is 5.27. The van der Waals surface area contributed by atoms with Gasteiger partial charge in [-0.15, -0.1) is 11.3 Å². The standard InChI is InChI=1S/C19H22N4O5S/c1-12(13-3-4-16(27-2)14(9-13)10-17(24)25)21-22-18(26)15-11-29-19(20-15)23-5-7-28-8-6-23/h3-4,9,11H,5-8,10H2,1-2H3,(H,22,26)(H,24,25)/b21-12-. The number of carbonyl (C=O) groups is 2. The van der Waals surface area contributed by atoms with E-state index < -0.39 is 11.9 Å². The number of nitrogens with zero attached hydrogens (tertiary/aromatic N) is 3. The highest BCUT2D eigenvalue weighted by atomic mass is 32.1. The number of carbonyl (C=O) groups excluding carboxylic acids is 1. The number of ether oxygens (including phenoxy) is 2. The van der Waals surface area contributed by atoms with Crippen molar-refractivity contribution in [3.8, 4) is 5.75 Å². The molecule has 1 aliphatic rings. The van der Waals surface area contributed by atoms with Crippen LogP contribution in [-0.4, -0.2) is 61.1 Å². The number of morpholine rings is 1. The van der Waals surface area contributed by atoms with Gasteiger partial charge in [0.2, 0.25) is 0 Å². The van der Waals surface area contributed by atoms with E-state index in [1.54, 1.807) is 30.5 Å². The van der Waals surface area contributed by atoms with E-state index in [1.807, 2.05) is 0 Å². The third kappa shape index (κ3) is 5.30. The number of aromatic nitrogens is 1. The van der Waals surface area contributed by atoms with Crippen molar-refractivity contribution in [3.63, 3.8) is 0 Å². The predicted molar refractivity (Wildman–Crippen MR) is 109 cm³/mol. The number of nitrogens with one attached hydrogen (secondary N) is 1. The summed E-state index contributed by atoms with van der Waals surface area (Å²) in [5, 5.41) is 15.7. The molecule has 0 unspecified atom stereocenters. The zero-order valence-corrected chi connectivity index (χ0v) is 17.0. The molecule has 1 saturated heterocycles. The number of hydrogen-bond donors (Lipinski definition) is 2. The summed E-state index contributed by atoms with van der Waals surface area (Å²) in [5.41, 5.74) is 4.57. The fraction of sp³-hybridized carbons (Fsp3) is 0.368. The maximum Gasteiger partial charge on any atom is 0.307 e. The molecule has 0 saturated carbocycles. The summed E-state index contributed by atoms with van der Waals surface area (Å²) in [6.07, 6.45) is -0.167. The van der Waals surface area contributed by atoms with E-state index in [0.717, 1.165) is 18.2 Å². The van der Waals surface area contributed by atoms with Crippen molar-refractivity contribution in [2.75, 3.05) is 38.3 Å². The summed E-state index contributed by atoms with van der Waals surface area (Å²) < 4.78 is 10.5. The van der Waals surface area contributed by atoms with Crippen LogP contribution in [0.15, 0.2) is 28.7 Å². The highest BCUT2D eigenvalue weighted by Crippen LogP contribution is 2.22. The second-order valence-corrected chi connectivity index (χ2v) is 7.19. The Morgan fingerprint density at radius 1 is 1.38 bits per heavy atom. The summed E-state index contributed by atoms with van der Waals surface area (Å²) in [4.78, 5) is 29.9. The first kappa shape index (κ1) is 20.7. The van der Waals surface area contributed by atoms with Crippen molar-refractivity contribution >= 4 is 34.1 Å². The van der Waals surface area contributed by atoms with Gasteiger partial charge in [-0.25, -0.2) is 10.4 Å². The van der Waals surface area contributed by atoms with Gasteiger partial charge >= 0.3 is 5.97 Å². The highest BCUT2D eigenvalue weighted by Gasteiger charge is 2.17. The maximum atomic E-state index is 12.4. The number of aliphatic carboxylic acids is 1. The monoisotopic (exact) mass is 418 g/mol. The molecule has 0 bridgehead atoms. The van der Waals surface area contributed by atoms with Crippen LogP contribution in [0.3, 0.4) is 0 Å². The van der Waals surface area contributed by atoms with Gasteiger partial charge in [0, 0.05) is 24.0 Å². The van der Waals surface area contributed by atoms with Crippen LogP contribution in [0, 0.1) is 0 Å². The number of carboxylic acid groups (broad SMARTS) is 1. The molecule has 9 nitrogen and oxygen atoms in total. The number of rotatable bonds is 7. The van der Waals surface area contributed by atoms with Crippen molar-refractivity contribution in [2.45, 2.75) is 13.3 Å². The van der Waals surface area contributed by atoms with Gasteiger partial charge in [0.25, 0.3) is 5.91 Å². The van der Waals surface area contributed by atoms with E-state index in [2.05, 4.69) is 20.4 Å². The summed E-state index contributed by atoms with van der Waals surface area (Å²) in [6.45, 7) is 4.53. The molecule has 1 fully saturated rings. The van der Waals surface area contributed by atoms with Gasteiger partial charge in [-0.1, -0.05) is 0 Å². The highest BCUT2D eigenvalue weighted by molar-refractivity contribution is 7.13. The summed E-state index contributed by atoms with van der Waals surface area (Å²) in [7, 11) is 1.49. The third-order valence-electron chi connectivity index (χ3n) is 4.37. The average Bonchev–Trinajstić information content (AvgIpc) is 3.22. The minimum Gasteiger partial charge on any atom is -0.496 e. The van der Waals surface area contributed by atoms with Gasteiger partial charge in [0.05, 0.1) is 32.5 Å². The molecule has 0 spiro atoms. The number of hydrazone groups is 1. The van der Waals surface area contributed by atoms with E-state index >= 15 is 0 Å². The lowest BCUT2D eigenvalue weighted by atomic mass is 10.0. The first-order valence-electron chi connectivity index (χ1n) is 9.00. The Bertz CT molecular complexity index is 921. The molecule has 1 aliphatic heterocycles. The molecule has 2 aromatic rings.